The van der Waals surface area contributed by atoms with E-state index in [-0.39, 0.29) is 134 Å². The molecular weight excluding hydrogens is 485 g/mol. The first-order valence-corrected chi connectivity index (χ1v) is 12.5. The van der Waals surface area contributed by atoms with Gasteiger partial charge in [0.1, 0.15) is 0 Å². The summed E-state index contributed by atoms with van der Waals surface area (Å²) in [6, 6.07) is -0.833. The standard InChI is InChI=1S/C14H25NO8S3.2K/c1-24-23-11-4-2-3-9(5-11)14(16)15-10-6-12(25(17,18)19)8-13(7-10)26(20,21)22;;/h9-13H,2-8H2,1H3,(H,15,16)(H,17,18,19)(H,20,21,22);;/q;2*+1/p-2. The SMILES string of the molecule is CSOC1CCCC(C(=O)NC2CC(S(=O)(=O)[O-])CC(S(=O)(=O)[O-])C2)C1.[K+].[K+]. The Morgan fingerprint density at radius 2 is 1.50 bits per heavy atom. The molecule has 2 saturated carbocycles. The van der Waals surface area contributed by atoms with Crippen molar-refractivity contribution in [2.45, 2.75) is 67.6 Å². The van der Waals surface area contributed by atoms with E-state index < -0.39 is 43.2 Å². The van der Waals surface area contributed by atoms with E-state index in [1.807, 2.05) is 0 Å². The molecule has 2 aliphatic carbocycles. The van der Waals surface area contributed by atoms with Gasteiger partial charge in [-0.3, -0.25) is 4.79 Å². The van der Waals surface area contributed by atoms with E-state index in [1.165, 1.54) is 12.0 Å². The van der Waals surface area contributed by atoms with Crippen LogP contribution >= 0.6 is 12.0 Å². The molecule has 152 valence electrons. The van der Waals surface area contributed by atoms with Crippen molar-refractivity contribution in [3.8, 4) is 0 Å². The van der Waals surface area contributed by atoms with Gasteiger partial charge >= 0.3 is 103 Å². The molecule has 0 aromatic rings. The van der Waals surface area contributed by atoms with Crippen LogP contribution in [-0.2, 0) is 29.2 Å². The Hall–Kier alpha value is 2.87. The number of rotatable bonds is 6. The summed E-state index contributed by atoms with van der Waals surface area (Å²) in [5.74, 6) is -0.650. The van der Waals surface area contributed by atoms with E-state index in [2.05, 4.69) is 5.32 Å². The maximum atomic E-state index is 12.5. The van der Waals surface area contributed by atoms with Gasteiger partial charge < -0.3 is 18.6 Å². The first kappa shape index (κ1) is 30.9. The molecule has 0 bridgehead atoms. The zero-order valence-electron chi connectivity index (χ0n) is 16.3. The summed E-state index contributed by atoms with van der Waals surface area (Å²) in [5, 5.41) is -0.336. The third-order valence-electron chi connectivity index (χ3n) is 5.01. The van der Waals surface area contributed by atoms with E-state index in [0.29, 0.717) is 12.8 Å². The van der Waals surface area contributed by atoms with Crippen molar-refractivity contribution in [2.24, 2.45) is 5.92 Å². The molecule has 0 radical (unpaired) electrons. The van der Waals surface area contributed by atoms with Crippen LogP contribution in [0.1, 0.15) is 44.9 Å². The van der Waals surface area contributed by atoms with Crippen molar-refractivity contribution < 1.29 is 138 Å². The van der Waals surface area contributed by atoms with E-state index in [9.17, 15) is 30.7 Å². The molecule has 1 amide bonds. The van der Waals surface area contributed by atoms with Gasteiger partial charge in [0.25, 0.3) is 0 Å². The predicted octanol–water partition coefficient (Wildman–Crippen LogP) is -5.66. The Labute approximate surface area is 256 Å². The van der Waals surface area contributed by atoms with Crippen LogP contribution < -0.4 is 108 Å². The van der Waals surface area contributed by atoms with Crippen LogP contribution in [-0.4, -0.2) is 60.7 Å². The Morgan fingerprint density at radius 1 is 0.964 bits per heavy atom. The molecule has 2 aliphatic rings. The van der Waals surface area contributed by atoms with E-state index in [4.69, 9.17) is 4.18 Å². The molecule has 14 heteroatoms. The van der Waals surface area contributed by atoms with Crippen molar-refractivity contribution in [1.82, 2.24) is 5.32 Å². The summed E-state index contributed by atoms with van der Waals surface area (Å²) in [5.41, 5.74) is 0. The van der Waals surface area contributed by atoms with Crippen LogP contribution in [0.4, 0.5) is 0 Å². The Balaban J connectivity index is 0.00000364. The minimum absolute atomic E-state index is 0. The molecule has 0 aromatic carbocycles. The normalized spacial score (nSPS) is 31.2. The van der Waals surface area contributed by atoms with Crippen LogP contribution in [0.5, 0.6) is 0 Å². The number of hydrogen-bond donors (Lipinski definition) is 1. The maximum Gasteiger partial charge on any atom is 1.00 e. The second-order valence-electron chi connectivity index (χ2n) is 6.89. The molecule has 1 N–H and O–H groups in total. The Bertz CT molecular complexity index is 676. The van der Waals surface area contributed by atoms with Crippen LogP contribution in [0.15, 0.2) is 0 Å². The van der Waals surface area contributed by atoms with Gasteiger partial charge in [-0.15, -0.1) is 0 Å². The van der Waals surface area contributed by atoms with Crippen molar-refractivity contribution in [1.29, 1.82) is 0 Å². The zero-order valence-corrected chi connectivity index (χ0v) is 25.0. The van der Waals surface area contributed by atoms with Crippen molar-refractivity contribution in [2.75, 3.05) is 6.26 Å². The van der Waals surface area contributed by atoms with Crippen LogP contribution in [0.2, 0.25) is 0 Å². The summed E-state index contributed by atoms with van der Waals surface area (Å²) >= 11 is 1.23. The summed E-state index contributed by atoms with van der Waals surface area (Å²) in [6.07, 6.45) is 3.69. The molecular formula is C14H23K2NO8S3. The number of carbonyl (C=O) groups excluding carboxylic acids is 1. The van der Waals surface area contributed by atoms with Crippen LogP contribution in [0.3, 0.4) is 0 Å². The first-order chi connectivity index (χ1) is 12.0. The van der Waals surface area contributed by atoms with Gasteiger partial charge in [0, 0.05) is 18.2 Å². The summed E-state index contributed by atoms with van der Waals surface area (Å²) < 4.78 is 73.4. The monoisotopic (exact) mass is 507 g/mol. The predicted molar refractivity (Wildman–Crippen MR) is 93.1 cm³/mol. The molecule has 4 unspecified atom stereocenters. The molecule has 4 atom stereocenters. The van der Waals surface area contributed by atoms with Gasteiger partial charge in [0.15, 0.2) is 0 Å². The van der Waals surface area contributed by atoms with E-state index >= 15 is 0 Å². The average Bonchev–Trinajstić information content (AvgIpc) is 2.53. The van der Waals surface area contributed by atoms with Gasteiger partial charge in [0.2, 0.25) is 5.91 Å². The van der Waals surface area contributed by atoms with Gasteiger partial charge in [0.05, 0.1) is 36.8 Å². The molecule has 9 nitrogen and oxygen atoms in total. The fourth-order valence-electron chi connectivity index (χ4n) is 3.73. The van der Waals surface area contributed by atoms with Crippen molar-refractivity contribution >= 4 is 38.2 Å². The minimum Gasteiger partial charge on any atom is -0.748 e. The number of hydrogen-bond acceptors (Lipinski definition) is 9. The topological polar surface area (TPSA) is 153 Å². The number of nitrogens with one attached hydrogen (secondary N) is 1. The largest absolute Gasteiger partial charge is 1.00 e. The molecule has 0 aromatic heterocycles. The molecule has 0 heterocycles. The third-order valence-corrected chi connectivity index (χ3v) is 7.88. The van der Waals surface area contributed by atoms with Gasteiger partial charge in [-0.05, 0) is 50.6 Å². The molecule has 0 saturated heterocycles. The second kappa shape index (κ2) is 13.5. The van der Waals surface area contributed by atoms with Crippen LogP contribution in [0.25, 0.3) is 0 Å². The summed E-state index contributed by atoms with van der Waals surface area (Å²) in [7, 11) is -9.51. The fraction of sp³-hybridized carbons (Fsp3) is 0.929. The third kappa shape index (κ3) is 9.79. The second-order valence-corrected chi connectivity index (χ2v) is 10.7. The molecule has 2 rings (SSSR count). The van der Waals surface area contributed by atoms with E-state index in [1.54, 1.807) is 6.26 Å². The van der Waals surface area contributed by atoms with Crippen molar-refractivity contribution in [3.05, 3.63) is 0 Å². The van der Waals surface area contributed by atoms with Crippen LogP contribution in [0, 0.1) is 5.92 Å². The fourth-order valence-corrected chi connectivity index (χ4v) is 6.17. The van der Waals surface area contributed by atoms with Gasteiger partial charge in [-0.2, -0.15) is 0 Å². The average molecular weight is 508 g/mol. The molecule has 2 fully saturated rings. The quantitative estimate of drug-likeness (QED) is 0.211. The van der Waals surface area contributed by atoms with Gasteiger partial charge in [-0.25, -0.2) is 16.8 Å². The smallest absolute Gasteiger partial charge is 0.748 e. The zero-order chi connectivity index (χ0) is 19.5. The summed E-state index contributed by atoms with van der Waals surface area (Å²) in [4.78, 5) is 12.5. The Kier molecular flexibility index (Phi) is 14.9. The molecule has 0 aliphatic heterocycles. The van der Waals surface area contributed by atoms with E-state index in [0.717, 1.165) is 12.8 Å². The Morgan fingerprint density at radius 3 is 1.96 bits per heavy atom. The van der Waals surface area contributed by atoms with Crippen molar-refractivity contribution in [3.63, 3.8) is 0 Å². The number of carbonyl (C=O) groups is 1. The van der Waals surface area contributed by atoms with Gasteiger partial charge in [-0.1, -0.05) is 6.42 Å². The number of amides is 1. The molecule has 28 heavy (non-hydrogen) atoms. The molecule has 0 spiro atoms. The minimum atomic E-state index is -4.76. The summed E-state index contributed by atoms with van der Waals surface area (Å²) in [6.45, 7) is 0. The maximum absolute atomic E-state index is 12.5. The first-order valence-electron chi connectivity index (χ1n) is 8.40.